The van der Waals surface area contributed by atoms with Crippen LogP contribution < -0.4 is 15.6 Å². The molecule has 1 fully saturated rings. The zero-order valence-corrected chi connectivity index (χ0v) is 11.6. The summed E-state index contributed by atoms with van der Waals surface area (Å²) in [7, 11) is 0. The van der Waals surface area contributed by atoms with Crippen LogP contribution in [0.25, 0.3) is 0 Å². The molecule has 6 heteroatoms. The molecule has 0 saturated carbocycles. The van der Waals surface area contributed by atoms with Crippen LogP contribution in [-0.2, 0) is 16.1 Å². The minimum atomic E-state index is -0.290. The molecule has 1 saturated heterocycles. The van der Waals surface area contributed by atoms with E-state index < -0.39 is 0 Å². The quantitative estimate of drug-likeness (QED) is 0.826. The van der Waals surface area contributed by atoms with Gasteiger partial charge in [0.1, 0.15) is 6.54 Å². The first-order valence-electron chi connectivity index (χ1n) is 6.91. The standard InChI is InChI=1S/C14H20N2O4/c1-2-19-12-6-3-7-16(14(12)18)10-13(17)15-9-11-5-4-8-20-11/h3,6-7,11H,2,4-5,8-10H2,1H3,(H,15,17). The molecule has 1 aliphatic rings. The van der Waals surface area contributed by atoms with Gasteiger partial charge in [0.05, 0.1) is 12.7 Å². The Morgan fingerprint density at radius 1 is 1.60 bits per heavy atom. The average molecular weight is 280 g/mol. The summed E-state index contributed by atoms with van der Waals surface area (Å²) in [4.78, 5) is 23.8. The highest BCUT2D eigenvalue weighted by Gasteiger charge is 2.16. The zero-order valence-electron chi connectivity index (χ0n) is 11.6. The largest absolute Gasteiger partial charge is 0.488 e. The fourth-order valence-corrected chi connectivity index (χ4v) is 2.15. The second kappa shape index (κ2) is 7.09. The van der Waals surface area contributed by atoms with Gasteiger partial charge in [0.25, 0.3) is 5.56 Å². The van der Waals surface area contributed by atoms with E-state index in [9.17, 15) is 9.59 Å². The van der Waals surface area contributed by atoms with Gasteiger partial charge in [-0.05, 0) is 31.9 Å². The predicted molar refractivity (Wildman–Crippen MR) is 73.9 cm³/mol. The van der Waals surface area contributed by atoms with Gasteiger partial charge in [0.15, 0.2) is 5.75 Å². The summed E-state index contributed by atoms with van der Waals surface area (Å²) >= 11 is 0. The molecular weight excluding hydrogens is 260 g/mol. The van der Waals surface area contributed by atoms with E-state index in [2.05, 4.69) is 5.32 Å². The molecule has 0 aliphatic carbocycles. The van der Waals surface area contributed by atoms with Crippen molar-refractivity contribution in [1.82, 2.24) is 9.88 Å². The minimum Gasteiger partial charge on any atom is -0.488 e. The highest BCUT2D eigenvalue weighted by molar-refractivity contribution is 5.75. The number of carbonyl (C=O) groups excluding carboxylic acids is 1. The van der Waals surface area contributed by atoms with E-state index in [0.29, 0.717) is 13.2 Å². The summed E-state index contributed by atoms with van der Waals surface area (Å²) in [6, 6.07) is 3.30. The lowest BCUT2D eigenvalue weighted by Gasteiger charge is -2.12. The van der Waals surface area contributed by atoms with Crippen LogP contribution in [0.5, 0.6) is 5.75 Å². The smallest absolute Gasteiger partial charge is 0.293 e. The van der Waals surface area contributed by atoms with Crippen molar-refractivity contribution in [3.63, 3.8) is 0 Å². The number of nitrogens with zero attached hydrogens (tertiary/aromatic N) is 1. The number of hydrogen-bond donors (Lipinski definition) is 1. The van der Waals surface area contributed by atoms with Crippen LogP contribution in [0.3, 0.4) is 0 Å². The molecule has 20 heavy (non-hydrogen) atoms. The highest BCUT2D eigenvalue weighted by Crippen LogP contribution is 2.10. The van der Waals surface area contributed by atoms with Crippen molar-refractivity contribution in [3.8, 4) is 5.75 Å². The maximum atomic E-state index is 12.0. The molecule has 1 amide bonds. The van der Waals surface area contributed by atoms with E-state index in [1.807, 2.05) is 6.92 Å². The number of amides is 1. The molecule has 0 aromatic carbocycles. The van der Waals surface area contributed by atoms with Crippen molar-refractivity contribution in [2.75, 3.05) is 19.8 Å². The number of ether oxygens (including phenoxy) is 2. The Balaban J connectivity index is 1.90. The van der Waals surface area contributed by atoms with Gasteiger partial charge in [-0.25, -0.2) is 0 Å². The van der Waals surface area contributed by atoms with Gasteiger partial charge in [0, 0.05) is 19.3 Å². The first-order chi connectivity index (χ1) is 9.70. The first-order valence-corrected chi connectivity index (χ1v) is 6.91. The SMILES string of the molecule is CCOc1cccn(CC(=O)NCC2CCCO2)c1=O. The number of hydrogen-bond acceptors (Lipinski definition) is 4. The Kier molecular flexibility index (Phi) is 5.17. The fraction of sp³-hybridized carbons (Fsp3) is 0.571. The van der Waals surface area contributed by atoms with Crippen molar-refractivity contribution in [2.24, 2.45) is 0 Å². The molecule has 110 valence electrons. The second-order valence-corrected chi connectivity index (χ2v) is 4.68. The van der Waals surface area contributed by atoms with Crippen molar-refractivity contribution >= 4 is 5.91 Å². The van der Waals surface area contributed by atoms with Gasteiger partial charge in [-0.3, -0.25) is 9.59 Å². The monoisotopic (exact) mass is 280 g/mol. The Hall–Kier alpha value is -1.82. The maximum absolute atomic E-state index is 12.0. The lowest BCUT2D eigenvalue weighted by Crippen LogP contribution is -2.36. The van der Waals surface area contributed by atoms with Crippen LogP contribution in [0.2, 0.25) is 0 Å². The third kappa shape index (κ3) is 3.84. The molecule has 1 N–H and O–H groups in total. The summed E-state index contributed by atoms with van der Waals surface area (Å²) in [6.45, 7) is 3.48. The van der Waals surface area contributed by atoms with Crippen molar-refractivity contribution in [1.29, 1.82) is 0 Å². The molecular formula is C14H20N2O4. The van der Waals surface area contributed by atoms with Crippen molar-refractivity contribution in [3.05, 3.63) is 28.7 Å². The molecule has 2 rings (SSSR count). The van der Waals surface area contributed by atoms with Crippen LogP contribution in [0.4, 0.5) is 0 Å². The zero-order chi connectivity index (χ0) is 14.4. The van der Waals surface area contributed by atoms with E-state index >= 15 is 0 Å². The van der Waals surface area contributed by atoms with Crippen LogP contribution in [0.15, 0.2) is 23.1 Å². The lowest BCUT2D eigenvalue weighted by molar-refractivity contribution is -0.122. The number of rotatable bonds is 6. The van der Waals surface area contributed by atoms with E-state index in [-0.39, 0.29) is 29.9 Å². The topological polar surface area (TPSA) is 69.6 Å². The Morgan fingerprint density at radius 3 is 3.15 bits per heavy atom. The summed E-state index contributed by atoms with van der Waals surface area (Å²) in [6.07, 6.45) is 3.69. The number of aromatic nitrogens is 1. The molecule has 0 radical (unpaired) electrons. The van der Waals surface area contributed by atoms with Gasteiger partial charge in [-0.2, -0.15) is 0 Å². The van der Waals surface area contributed by atoms with Gasteiger partial charge >= 0.3 is 0 Å². The highest BCUT2D eigenvalue weighted by atomic mass is 16.5. The van der Waals surface area contributed by atoms with E-state index in [1.165, 1.54) is 4.57 Å². The molecule has 6 nitrogen and oxygen atoms in total. The summed E-state index contributed by atoms with van der Waals surface area (Å²) in [5.74, 6) is 0.0678. The average Bonchev–Trinajstić information content (AvgIpc) is 2.94. The van der Waals surface area contributed by atoms with Gasteiger partial charge in [-0.15, -0.1) is 0 Å². The van der Waals surface area contributed by atoms with Crippen molar-refractivity contribution < 1.29 is 14.3 Å². The lowest BCUT2D eigenvalue weighted by atomic mass is 10.2. The fourth-order valence-electron chi connectivity index (χ4n) is 2.15. The van der Waals surface area contributed by atoms with Gasteiger partial charge < -0.3 is 19.4 Å². The molecule has 1 unspecified atom stereocenters. The third-order valence-corrected chi connectivity index (χ3v) is 3.15. The number of carbonyl (C=O) groups is 1. The van der Waals surface area contributed by atoms with Crippen LogP contribution >= 0.6 is 0 Å². The van der Waals surface area contributed by atoms with Gasteiger partial charge in [0.2, 0.25) is 5.91 Å². The number of pyridine rings is 1. The normalized spacial score (nSPS) is 17.9. The first kappa shape index (κ1) is 14.6. The van der Waals surface area contributed by atoms with E-state index in [4.69, 9.17) is 9.47 Å². The summed E-state index contributed by atoms with van der Waals surface area (Å²) in [5, 5.41) is 2.79. The minimum absolute atomic E-state index is 0.00747. The number of nitrogens with one attached hydrogen (secondary N) is 1. The molecule has 0 spiro atoms. The second-order valence-electron chi connectivity index (χ2n) is 4.68. The Morgan fingerprint density at radius 2 is 2.45 bits per heavy atom. The molecule has 1 atom stereocenters. The molecule has 2 heterocycles. The van der Waals surface area contributed by atoms with Crippen LogP contribution in [0, 0.1) is 0 Å². The van der Waals surface area contributed by atoms with Crippen molar-refractivity contribution in [2.45, 2.75) is 32.4 Å². The van der Waals surface area contributed by atoms with E-state index in [0.717, 1.165) is 19.4 Å². The van der Waals surface area contributed by atoms with E-state index in [1.54, 1.807) is 18.3 Å². The molecule has 1 aromatic rings. The van der Waals surface area contributed by atoms with Crippen LogP contribution in [0.1, 0.15) is 19.8 Å². The molecule has 1 aliphatic heterocycles. The third-order valence-electron chi connectivity index (χ3n) is 3.15. The maximum Gasteiger partial charge on any atom is 0.293 e. The summed E-state index contributed by atoms with van der Waals surface area (Å²) < 4.78 is 12.0. The molecule has 1 aromatic heterocycles. The Bertz CT molecular complexity index is 506. The predicted octanol–water partition coefficient (Wildman–Crippen LogP) is 0.542. The molecule has 0 bridgehead atoms. The Labute approximate surface area is 117 Å². The van der Waals surface area contributed by atoms with Crippen LogP contribution in [-0.4, -0.2) is 36.3 Å². The van der Waals surface area contributed by atoms with Gasteiger partial charge in [-0.1, -0.05) is 0 Å². The summed E-state index contributed by atoms with van der Waals surface area (Å²) in [5.41, 5.74) is -0.290.